The third-order valence-electron chi connectivity index (χ3n) is 6.29. The number of rotatable bonds is 3. The molecule has 2 amide bonds. The Morgan fingerprint density at radius 2 is 1.96 bits per heavy atom. The van der Waals surface area contributed by atoms with Gasteiger partial charge in [0.05, 0.1) is 6.20 Å². The first kappa shape index (κ1) is 17.7. The molecule has 28 heavy (non-hydrogen) atoms. The van der Waals surface area contributed by atoms with Gasteiger partial charge in [-0.3, -0.25) is 9.59 Å². The summed E-state index contributed by atoms with van der Waals surface area (Å²) in [5, 5.41) is 3.88. The number of hydrogen-bond donors (Lipinski definition) is 1. The van der Waals surface area contributed by atoms with E-state index < -0.39 is 0 Å². The van der Waals surface area contributed by atoms with Crippen molar-refractivity contribution in [3.05, 3.63) is 29.8 Å². The predicted octanol–water partition coefficient (Wildman–Crippen LogP) is 2.28. The molecule has 2 bridgehead atoms. The van der Waals surface area contributed by atoms with Gasteiger partial charge in [-0.2, -0.15) is 0 Å². The Hall–Kier alpha value is -2.41. The Morgan fingerprint density at radius 3 is 2.79 bits per heavy atom. The molecule has 3 aliphatic heterocycles. The van der Waals surface area contributed by atoms with Crippen LogP contribution in [0.5, 0.6) is 0 Å². The van der Waals surface area contributed by atoms with E-state index in [-0.39, 0.29) is 17.9 Å². The van der Waals surface area contributed by atoms with Gasteiger partial charge in [-0.05, 0) is 56.7 Å². The van der Waals surface area contributed by atoms with E-state index in [9.17, 15) is 9.59 Å². The van der Waals surface area contributed by atoms with Crippen molar-refractivity contribution in [2.24, 2.45) is 5.92 Å². The number of aromatic nitrogens is 1. The zero-order chi connectivity index (χ0) is 19.1. The molecule has 7 nitrogen and oxygen atoms in total. The van der Waals surface area contributed by atoms with Crippen LogP contribution in [0.2, 0.25) is 0 Å². The number of furan rings is 1. The van der Waals surface area contributed by atoms with Crippen molar-refractivity contribution in [3.8, 4) is 0 Å². The molecule has 0 saturated carbocycles. The molecule has 3 fully saturated rings. The lowest BCUT2D eigenvalue weighted by Gasteiger charge is -2.30. The van der Waals surface area contributed by atoms with Crippen molar-refractivity contribution < 1.29 is 14.0 Å². The van der Waals surface area contributed by atoms with E-state index in [2.05, 4.69) is 15.2 Å². The monoisotopic (exact) mass is 382 g/mol. The van der Waals surface area contributed by atoms with Crippen LogP contribution in [0.25, 0.3) is 11.0 Å². The lowest BCUT2D eigenvalue weighted by molar-refractivity contribution is 0.0694. The van der Waals surface area contributed by atoms with E-state index in [1.807, 2.05) is 4.90 Å². The second-order valence-corrected chi connectivity index (χ2v) is 8.39. The molecule has 0 radical (unpaired) electrons. The third-order valence-corrected chi connectivity index (χ3v) is 6.29. The van der Waals surface area contributed by atoms with Gasteiger partial charge in [-0.25, -0.2) is 4.98 Å². The van der Waals surface area contributed by atoms with Gasteiger partial charge in [0.15, 0.2) is 11.3 Å². The summed E-state index contributed by atoms with van der Waals surface area (Å²) in [7, 11) is 0. The molecule has 0 aliphatic carbocycles. The highest BCUT2D eigenvalue weighted by atomic mass is 16.3. The van der Waals surface area contributed by atoms with Crippen molar-refractivity contribution >= 4 is 22.8 Å². The zero-order valence-electron chi connectivity index (χ0n) is 16.0. The van der Waals surface area contributed by atoms with Crippen LogP contribution in [-0.4, -0.2) is 65.4 Å². The second kappa shape index (κ2) is 7.20. The van der Waals surface area contributed by atoms with Gasteiger partial charge in [0.25, 0.3) is 11.8 Å². The Labute approximate surface area is 164 Å². The van der Waals surface area contributed by atoms with Gasteiger partial charge >= 0.3 is 0 Å². The molecule has 3 saturated heterocycles. The average Bonchev–Trinajstić information content (AvgIpc) is 3.30. The number of carbonyl (C=O) groups is 2. The van der Waals surface area contributed by atoms with Crippen LogP contribution in [0.15, 0.2) is 22.7 Å². The maximum atomic E-state index is 12.7. The summed E-state index contributed by atoms with van der Waals surface area (Å²) in [4.78, 5) is 33.9. The molecule has 0 spiro atoms. The van der Waals surface area contributed by atoms with Crippen molar-refractivity contribution in [2.75, 3.05) is 32.7 Å². The van der Waals surface area contributed by atoms with Crippen LogP contribution in [0.3, 0.4) is 0 Å². The van der Waals surface area contributed by atoms with E-state index >= 15 is 0 Å². The first-order chi connectivity index (χ1) is 13.7. The number of fused-ring (bicyclic) bond motifs is 3. The fraction of sp³-hybridized carbons (Fsp3) is 0.571. The minimum atomic E-state index is -0.153. The molecule has 3 atom stereocenters. The Balaban J connectivity index is 1.30. The van der Waals surface area contributed by atoms with Gasteiger partial charge in [0.1, 0.15) is 5.69 Å². The first-order valence-corrected chi connectivity index (χ1v) is 10.4. The molecule has 2 aromatic heterocycles. The van der Waals surface area contributed by atoms with Gasteiger partial charge in [-0.15, -0.1) is 0 Å². The highest BCUT2D eigenvalue weighted by Crippen LogP contribution is 2.27. The minimum absolute atomic E-state index is 0.0753. The summed E-state index contributed by atoms with van der Waals surface area (Å²) in [5.41, 5.74) is 0.914. The SMILES string of the molecule is O=C(N[C@@H]1C[C@H]2CCN(C2)C1)c1cc2cc(C(=O)N3CCCCC3)oc2cn1. The van der Waals surface area contributed by atoms with E-state index in [4.69, 9.17) is 4.42 Å². The van der Waals surface area contributed by atoms with Crippen molar-refractivity contribution in [1.29, 1.82) is 0 Å². The van der Waals surface area contributed by atoms with Gasteiger partial charge < -0.3 is 19.5 Å². The standard InChI is InChI=1S/C21H26N4O3/c26-20(23-16-8-14-4-7-24(12-14)13-16)17-9-15-10-18(28-19(15)11-22-17)21(27)25-5-2-1-3-6-25/h9-11,14,16H,1-8,12-13H2,(H,23,26)/t14-,16-/m1/s1. The molecular weight excluding hydrogens is 356 g/mol. The molecule has 5 rings (SSSR count). The molecule has 7 heteroatoms. The topological polar surface area (TPSA) is 78.7 Å². The quantitative estimate of drug-likeness (QED) is 0.881. The Bertz CT molecular complexity index is 890. The molecule has 0 aromatic carbocycles. The first-order valence-electron chi connectivity index (χ1n) is 10.4. The van der Waals surface area contributed by atoms with E-state index in [0.29, 0.717) is 23.0 Å². The third kappa shape index (κ3) is 3.39. The Morgan fingerprint density at radius 1 is 1.11 bits per heavy atom. The number of nitrogens with zero attached hydrogens (tertiary/aromatic N) is 3. The normalized spacial score (nSPS) is 27.1. The number of piperidine rings is 2. The van der Waals surface area contributed by atoms with Crippen molar-refractivity contribution in [1.82, 2.24) is 20.1 Å². The van der Waals surface area contributed by atoms with E-state index in [1.54, 1.807) is 18.3 Å². The highest BCUT2D eigenvalue weighted by molar-refractivity contribution is 5.99. The maximum absolute atomic E-state index is 12.7. The van der Waals surface area contributed by atoms with Gasteiger partial charge in [0.2, 0.25) is 0 Å². The molecule has 2 aromatic rings. The molecule has 3 aliphatic rings. The van der Waals surface area contributed by atoms with Crippen LogP contribution in [0.4, 0.5) is 0 Å². The molecule has 1 N–H and O–H groups in total. The number of hydrogen-bond acceptors (Lipinski definition) is 5. The predicted molar refractivity (Wildman–Crippen MR) is 104 cm³/mol. The summed E-state index contributed by atoms with van der Waals surface area (Å²) in [6.07, 6.45) is 7.08. The largest absolute Gasteiger partial charge is 0.449 e. The average molecular weight is 382 g/mol. The number of nitrogens with one attached hydrogen (secondary N) is 1. The highest BCUT2D eigenvalue weighted by Gasteiger charge is 2.33. The molecule has 5 heterocycles. The van der Waals surface area contributed by atoms with Crippen molar-refractivity contribution in [2.45, 2.75) is 38.1 Å². The Kier molecular flexibility index (Phi) is 4.55. The zero-order valence-corrected chi connectivity index (χ0v) is 16.0. The molecular formula is C21H26N4O3. The molecule has 1 unspecified atom stereocenters. The summed E-state index contributed by atoms with van der Waals surface area (Å²) < 4.78 is 5.71. The fourth-order valence-corrected chi connectivity index (χ4v) is 4.85. The number of likely N-dealkylation sites (tertiary alicyclic amines) is 1. The molecule has 148 valence electrons. The summed E-state index contributed by atoms with van der Waals surface area (Å²) in [6, 6.07) is 3.64. The van der Waals surface area contributed by atoms with Gasteiger partial charge in [-0.1, -0.05) is 0 Å². The van der Waals surface area contributed by atoms with Crippen LogP contribution in [-0.2, 0) is 0 Å². The maximum Gasteiger partial charge on any atom is 0.289 e. The number of pyridine rings is 1. The lowest BCUT2D eigenvalue weighted by Crippen LogP contribution is -2.47. The van der Waals surface area contributed by atoms with Gasteiger partial charge in [0, 0.05) is 37.6 Å². The summed E-state index contributed by atoms with van der Waals surface area (Å²) in [5.74, 6) is 0.799. The van der Waals surface area contributed by atoms with Crippen LogP contribution < -0.4 is 5.32 Å². The van der Waals surface area contributed by atoms with Crippen molar-refractivity contribution in [3.63, 3.8) is 0 Å². The number of carbonyl (C=O) groups excluding carboxylic acids is 2. The van der Waals surface area contributed by atoms with Crippen LogP contribution in [0, 0.1) is 5.92 Å². The summed E-state index contributed by atoms with van der Waals surface area (Å²) >= 11 is 0. The summed E-state index contributed by atoms with van der Waals surface area (Å²) in [6.45, 7) is 4.79. The second-order valence-electron chi connectivity index (χ2n) is 8.39. The smallest absolute Gasteiger partial charge is 0.289 e. The van der Waals surface area contributed by atoms with E-state index in [1.165, 1.54) is 19.4 Å². The number of amides is 2. The lowest BCUT2D eigenvalue weighted by atomic mass is 9.97. The minimum Gasteiger partial charge on any atom is -0.449 e. The van der Waals surface area contributed by atoms with Crippen LogP contribution >= 0.6 is 0 Å². The van der Waals surface area contributed by atoms with Crippen LogP contribution in [0.1, 0.15) is 53.1 Å². The fourth-order valence-electron chi connectivity index (χ4n) is 4.85. The van der Waals surface area contributed by atoms with E-state index in [0.717, 1.165) is 50.8 Å².